The Hall–Kier alpha value is -3.15. The molecular weight excluding hydrogens is 328 g/mol. The Bertz CT molecular complexity index is 783. The molecule has 2 heterocycles. The molecular formula is C20H22N4O2. The minimum absolute atomic E-state index is 0.143. The number of carbonyl (C=O) groups is 2. The molecule has 3 rings (SSSR count). The van der Waals surface area contributed by atoms with Crippen molar-refractivity contribution in [3.63, 3.8) is 0 Å². The molecule has 2 amide bonds. The summed E-state index contributed by atoms with van der Waals surface area (Å²) in [5.41, 5.74) is 1.89. The molecule has 2 aromatic rings. The van der Waals surface area contributed by atoms with Crippen LogP contribution in [0.5, 0.6) is 0 Å². The number of amides is 2. The van der Waals surface area contributed by atoms with Gasteiger partial charge in [0.1, 0.15) is 5.69 Å². The van der Waals surface area contributed by atoms with Gasteiger partial charge in [0.05, 0.1) is 0 Å². The van der Waals surface area contributed by atoms with E-state index >= 15 is 0 Å². The van der Waals surface area contributed by atoms with E-state index in [0.717, 1.165) is 13.1 Å². The first kappa shape index (κ1) is 17.7. The van der Waals surface area contributed by atoms with Gasteiger partial charge in [0.15, 0.2) is 0 Å². The number of hydrogen-bond acceptors (Lipinski definition) is 4. The highest BCUT2D eigenvalue weighted by Crippen LogP contribution is 2.16. The number of nitrogens with one attached hydrogen (secondary N) is 1. The molecule has 1 aliphatic rings. The van der Waals surface area contributed by atoms with Gasteiger partial charge in [-0.2, -0.15) is 0 Å². The average molecular weight is 350 g/mol. The van der Waals surface area contributed by atoms with Crippen LogP contribution in [0, 0.1) is 0 Å². The summed E-state index contributed by atoms with van der Waals surface area (Å²) in [6.07, 6.45) is 3.10. The largest absolute Gasteiger partial charge is 0.368 e. The zero-order chi connectivity index (χ0) is 18.4. The van der Waals surface area contributed by atoms with Gasteiger partial charge in [-0.15, -0.1) is 6.58 Å². The van der Waals surface area contributed by atoms with Crippen LogP contribution in [-0.4, -0.2) is 54.4 Å². The van der Waals surface area contributed by atoms with Crippen LogP contribution in [0.25, 0.3) is 0 Å². The number of aromatic nitrogens is 1. The molecule has 0 atom stereocenters. The molecule has 1 saturated heterocycles. The lowest BCUT2D eigenvalue weighted by Gasteiger charge is -2.36. The van der Waals surface area contributed by atoms with Gasteiger partial charge in [0, 0.05) is 50.2 Å². The maximum Gasteiger partial charge on any atom is 0.272 e. The molecule has 1 aromatic heterocycles. The van der Waals surface area contributed by atoms with Crippen LogP contribution in [0.4, 0.5) is 5.69 Å². The highest BCUT2D eigenvalue weighted by Gasteiger charge is 2.23. The molecule has 26 heavy (non-hydrogen) atoms. The molecule has 134 valence electrons. The third kappa shape index (κ3) is 4.08. The van der Waals surface area contributed by atoms with E-state index in [2.05, 4.69) is 33.9 Å². The number of rotatable bonds is 5. The van der Waals surface area contributed by atoms with Crippen LogP contribution < -0.4 is 10.2 Å². The second-order valence-electron chi connectivity index (χ2n) is 6.04. The first-order valence-corrected chi connectivity index (χ1v) is 8.63. The minimum Gasteiger partial charge on any atom is -0.368 e. The van der Waals surface area contributed by atoms with E-state index in [0.29, 0.717) is 30.9 Å². The van der Waals surface area contributed by atoms with Crippen molar-refractivity contribution in [1.29, 1.82) is 0 Å². The first-order chi connectivity index (χ1) is 12.7. The molecule has 0 aliphatic carbocycles. The van der Waals surface area contributed by atoms with Crippen molar-refractivity contribution in [2.24, 2.45) is 0 Å². The van der Waals surface area contributed by atoms with Gasteiger partial charge in [-0.3, -0.25) is 14.6 Å². The predicted octanol–water partition coefficient (Wildman–Crippen LogP) is 1.96. The third-order valence-corrected chi connectivity index (χ3v) is 4.34. The van der Waals surface area contributed by atoms with Gasteiger partial charge in [-0.25, -0.2) is 0 Å². The number of nitrogens with zero attached hydrogens (tertiary/aromatic N) is 3. The second kappa shape index (κ2) is 8.29. The summed E-state index contributed by atoms with van der Waals surface area (Å²) < 4.78 is 0. The molecule has 1 aromatic carbocycles. The lowest BCUT2D eigenvalue weighted by atomic mass is 10.2. The summed E-state index contributed by atoms with van der Waals surface area (Å²) in [6, 6.07) is 13.3. The van der Waals surface area contributed by atoms with Crippen LogP contribution >= 0.6 is 0 Å². The number of para-hydroxylation sites is 1. The van der Waals surface area contributed by atoms with Crippen LogP contribution in [0.15, 0.2) is 61.3 Å². The van der Waals surface area contributed by atoms with E-state index in [-0.39, 0.29) is 11.8 Å². The Labute approximate surface area is 153 Å². The van der Waals surface area contributed by atoms with Crippen LogP contribution in [0.3, 0.4) is 0 Å². The van der Waals surface area contributed by atoms with Gasteiger partial charge in [0.2, 0.25) is 0 Å². The number of carbonyl (C=O) groups excluding carboxylic acids is 2. The summed E-state index contributed by atoms with van der Waals surface area (Å²) >= 11 is 0. The third-order valence-electron chi connectivity index (χ3n) is 4.34. The summed E-state index contributed by atoms with van der Waals surface area (Å²) in [4.78, 5) is 33.0. The fourth-order valence-corrected chi connectivity index (χ4v) is 2.92. The first-order valence-electron chi connectivity index (χ1n) is 8.63. The lowest BCUT2D eigenvalue weighted by Crippen LogP contribution is -2.49. The normalized spacial score (nSPS) is 14.0. The Morgan fingerprint density at radius 1 is 1.12 bits per heavy atom. The topological polar surface area (TPSA) is 65.5 Å². The average Bonchev–Trinajstić information content (AvgIpc) is 2.72. The van der Waals surface area contributed by atoms with E-state index in [4.69, 9.17) is 0 Å². The lowest BCUT2D eigenvalue weighted by molar-refractivity contribution is 0.0741. The van der Waals surface area contributed by atoms with Crippen molar-refractivity contribution in [1.82, 2.24) is 15.2 Å². The fourth-order valence-electron chi connectivity index (χ4n) is 2.92. The number of anilines is 1. The Balaban J connectivity index is 1.63. The van der Waals surface area contributed by atoms with Crippen molar-refractivity contribution in [2.75, 3.05) is 37.6 Å². The van der Waals surface area contributed by atoms with E-state index in [1.165, 1.54) is 11.9 Å². The van der Waals surface area contributed by atoms with E-state index in [1.54, 1.807) is 23.1 Å². The quantitative estimate of drug-likeness (QED) is 0.837. The molecule has 0 spiro atoms. The van der Waals surface area contributed by atoms with Crippen LogP contribution in [-0.2, 0) is 0 Å². The molecule has 1 N–H and O–H groups in total. The van der Waals surface area contributed by atoms with Crippen molar-refractivity contribution >= 4 is 17.5 Å². The van der Waals surface area contributed by atoms with Gasteiger partial charge in [0.25, 0.3) is 11.8 Å². The van der Waals surface area contributed by atoms with Crippen LogP contribution in [0.2, 0.25) is 0 Å². The van der Waals surface area contributed by atoms with E-state index < -0.39 is 0 Å². The molecule has 6 heteroatoms. The molecule has 1 fully saturated rings. The number of benzene rings is 1. The highest BCUT2D eigenvalue weighted by molar-refractivity contribution is 5.98. The summed E-state index contributed by atoms with van der Waals surface area (Å²) in [5, 5.41) is 2.70. The van der Waals surface area contributed by atoms with Crippen LogP contribution in [0.1, 0.15) is 20.8 Å². The van der Waals surface area contributed by atoms with Crippen molar-refractivity contribution in [3.05, 3.63) is 72.6 Å². The van der Waals surface area contributed by atoms with Gasteiger partial charge < -0.3 is 15.1 Å². The zero-order valence-corrected chi connectivity index (χ0v) is 14.6. The van der Waals surface area contributed by atoms with E-state index in [9.17, 15) is 9.59 Å². The maximum absolute atomic E-state index is 12.7. The molecule has 0 bridgehead atoms. The smallest absolute Gasteiger partial charge is 0.272 e. The predicted molar refractivity (Wildman–Crippen MR) is 101 cm³/mol. The SMILES string of the molecule is C=CCNC(=O)c1ccnc(C(=O)N2CCN(c3ccccc3)CC2)c1. The summed E-state index contributed by atoms with van der Waals surface area (Å²) in [5.74, 6) is -0.383. The number of pyridine rings is 1. The number of hydrogen-bond donors (Lipinski definition) is 1. The maximum atomic E-state index is 12.7. The molecule has 6 nitrogen and oxygen atoms in total. The Morgan fingerprint density at radius 2 is 1.85 bits per heavy atom. The van der Waals surface area contributed by atoms with Gasteiger partial charge in [-0.05, 0) is 24.3 Å². The molecule has 0 radical (unpaired) electrons. The minimum atomic E-state index is -0.241. The highest BCUT2D eigenvalue weighted by atomic mass is 16.2. The standard InChI is InChI=1S/C20H22N4O2/c1-2-9-22-19(25)16-8-10-21-18(15-16)20(26)24-13-11-23(12-14-24)17-6-4-3-5-7-17/h2-8,10,15H,1,9,11-14H2,(H,22,25). The zero-order valence-electron chi connectivity index (χ0n) is 14.6. The summed E-state index contributed by atoms with van der Waals surface area (Å²) in [7, 11) is 0. The monoisotopic (exact) mass is 350 g/mol. The van der Waals surface area contributed by atoms with Crippen molar-refractivity contribution in [3.8, 4) is 0 Å². The summed E-state index contributed by atoms with van der Waals surface area (Å²) in [6.45, 7) is 6.75. The molecule has 0 saturated carbocycles. The van der Waals surface area contributed by atoms with Gasteiger partial charge in [-0.1, -0.05) is 24.3 Å². The molecule has 0 unspecified atom stereocenters. The second-order valence-corrected chi connectivity index (χ2v) is 6.04. The Kier molecular flexibility index (Phi) is 5.63. The Morgan fingerprint density at radius 3 is 2.54 bits per heavy atom. The number of piperazine rings is 1. The van der Waals surface area contributed by atoms with Crippen molar-refractivity contribution < 1.29 is 9.59 Å². The van der Waals surface area contributed by atoms with Crippen molar-refractivity contribution in [2.45, 2.75) is 0 Å². The van der Waals surface area contributed by atoms with E-state index in [1.807, 2.05) is 18.2 Å². The molecule has 1 aliphatic heterocycles. The fraction of sp³-hybridized carbons (Fsp3) is 0.250. The van der Waals surface area contributed by atoms with Gasteiger partial charge >= 0.3 is 0 Å².